The molecule has 0 bridgehead atoms. The van der Waals surface area contributed by atoms with Crippen LogP contribution >= 0.6 is 15.9 Å². The van der Waals surface area contributed by atoms with Crippen molar-refractivity contribution in [2.24, 2.45) is 0 Å². The average Bonchev–Trinajstić information content (AvgIpc) is 3.15. The van der Waals surface area contributed by atoms with Gasteiger partial charge >= 0.3 is 0 Å². The summed E-state index contributed by atoms with van der Waals surface area (Å²) in [6.07, 6.45) is 2.95. The largest absolute Gasteiger partial charge is 0.348 e. The fourth-order valence-electron chi connectivity index (χ4n) is 6.02. The third-order valence-electron chi connectivity index (χ3n) is 7.88. The number of hydrogen-bond acceptors (Lipinski definition) is 3. The minimum atomic E-state index is -0.139. The zero-order valence-electron chi connectivity index (χ0n) is 22.1. The van der Waals surface area contributed by atoms with Gasteiger partial charge in [-0.05, 0) is 61.6 Å². The molecule has 1 aromatic heterocycles. The number of likely N-dealkylation sites (tertiary alicyclic amines) is 1. The number of carbonyl (C=O) groups excluding carboxylic acids is 3. The van der Waals surface area contributed by atoms with Gasteiger partial charge in [0.05, 0.1) is 23.2 Å². The zero-order chi connectivity index (χ0) is 27.1. The van der Waals surface area contributed by atoms with E-state index >= 15 is 0 Å². The van der Waals surface area contributed by atoms with Crippen molar-refractivity contribution >= 4 is 44.6 Å². The maximum atomic E-state index is 14.2. The van der Waals surface area contributed by atoms with Gasteiger partial charge in [0.1, 0.15) is 6.54 Å². The molecule has 7 nitrogen and oxygen atoms in total. The second kappa shape index (κ2) is 10.4. The van der Waals surface area contributed by atoms with Crippen LogP contribution in [0.5, 0.6) is 0 Å². The Hall–Kier alpha value is -3.39. The van der Waals surface area contributed by atoms with Gasteiger partial charge in [0.15, 0.2) is 0 Å². The Labute approximate surface area is 231 Å². The van der Waals surface area contributed by atoms with E-state index in [1.807, 2.05) is 41.5 Å². The van der Waals surface area contributed by atoms with E-state index in [1.54, 1.807) is 4.90 Å². The van der Waals surface area contributed by atoms with Crippen LogP contribution in [0.15, 0.2) is 53.5 Å². The number of nitrogens with one attached hydrogen (secondary N) is 1. The molecule has 0 spiro atoms. The summed E-state index contributed by atoms with van der Waals surface area (Å²) in [4.78, 5) is 42.7. The van der Waals surface area contributed by atoms with Crippen LogP contribution in [-0.2, 0) is 22.6 Å². The summed E-state index contributed by atoms with van der Waals surface area (Å²) in [5, 5.41) is 3.89. The normalized spacial score (nSPS) is 17.2. The highest BCUT2D eigenvalue weighted by atomic mass is 79.9. The summed E-state index contributed by atoms with van der Waals surface area (Å²) in [5.41, 5.74) is 5.85. The number of amides is 3. The first-order chi connectivity index (χ1) is 18.2. The van der Waals surface area contributed by atoms with E-state index in [0.717, 1.165) is 39.5 Å². The SMILES string of the molecule is C=CC(=O)N1CC(NC(=O)Cn2c(C)c(C(=O)N3CCc4ccccc4C3CC)c3cc(Br)cc(C)c32)C1. The first-order valence-corrected chi connectivity index (χ1v) is 13.9. The van der Waals surface area contributed by atoms with Crippen molar-refractivity contribution in [1.29, 1.82) is 0 Å². The van der Waals surface area contributed by atoms with Crippen molar-refractivity contribution in [3.05, 3.63) is 81.5 Å². The molecule has 2 aliphatic heterocycles. The minimum absolute atomic E-state index is 0.00286. The number of hydrogen-bond donors (Lipinski definition) is 1. The molecule has 1 fully saturated rings. The highest BCUT2D eigenvalue weighted by Gasteiger charge is 2.34. The summed E-state index contributed by atoms with van der Waals surface area (Å²) in [6.45, 7) is 11.3. The van der Waals surface area contributed by atoms with Crippen LogP contribution in [-0.4, -0.2) is 57.8 Å². The van der Waals surface area contributed by atoms with E-state index in [2.05, 4.69) is 52.9 Å². The molecular formula is C30H33BrN4O3. The fraction of sp³-hybridized carbons (Fsp3) is 0.367. The molecular weight excluding hydrogens is 544 g/mol. The number of aryl methyl sites for hydroxylation is 1. The summed E-state index contributed by atoms with van der Waals surface area (Å²) < 4.78 is 2.86. The Balaban J connectivity index is 1.47. The molecule has 2 aromatic carbocycles. The van der Waals surface area contributed by atoms with E-state index in [0.29, 0.717) is 25.2 Å². The van der Waals surface area contributed by atoms with Gasteiger partial charge in [-0.1, -0.05) is 53.7 Å². The molecule has 2 aliphatic rings. The highest BCUT2D eigenvalue weighted by molar-refractivity contribution is 9.10. The molecule has 198 valence electrons. The standard InChI is InChI=1S/C30H33BrN4O3/c1-5-25-23-10-8-7-9-20(23)11-12-34(25)30(38)28-19(4)35(29-18(3)13-21(31)14-24(28)29)17-26(36)32-22-15-33(16-22)27(37)6-2/h6-10,13-14,22,25H,2,5,11-12,15-17H2,1,3-4H3,(H,32,36). The summed E-state index contributed by atoms with van der Waals surface area (Å²) in [5.74, 6) is -0.263. The molecule has 3 amide bonds. The number of carbonyl (C=O) groups is 3. The molecule has 0 radical (unpaired) electrons. The van der Waals surface area contributed by atoms with Crippen LogP contribution in [0.3, 0.4) is 0 Å². The second-order valence-electron chi connectivity index (χ2n) is 10.2. The minimum Gasteiger partial charge on any atom is -0.348 e. The smallest absolute Gasteiger partial charge is 0.256 e. The summed E-state index contributed by atoms with van der Waals surface area (Å²) in [7, 11) is 0. The van der Waals surface area contributed by atoms with Crippen LogP contribution < -0.4 is 5.32 Å². The van der Waals surface area contributed by atoms with Gasteiger partial charge in [-0.2, -0.15) is 0 Å². The Morgan fingerprint density at radius 3 is 2.61 bits per heavy atom. The highest BCUT2D eigenvalue weighted by Crippen LogP contribution is 2.37. The predicted octanol–water partition coefficient (Wildman–Crippen LogP) is 4.68. The maximum Gasteiger partial charge on any atom is 0.256 e. The number of fused-ring (bicyclic) bond motifs is 2. The fourth-order valence-corrected chi connectivity index (χ4v) is 6.60. The zero-order valence-corrected chi connectivity index (χ0v) is 23.7. The monoisotopic (exact) mass is 576 g/mol. The van der Waals surface area contributed by atoms with Gasteiger partial charge in [-0.25, -0.2) is 0 Å². The van der Waals surface area contributed by atoms with E-state index in [9.17, 15) is 14.4 Å². The van der Waals surface area contributed by atoms with Crippen molar-refractivity contribution in [2.75, 3.05) is 19.6 Å². The Morgan fingerprint density at radius 1 is 1.16 bits per heavy atom. The predicted molar refractivity (Wildman–Crippen MR) is 152 cm³/mol. The summed E-state index contributed by atoms with van der Waals surface area (Å²) >= 11 is 3.61. The van der Waals surface area contributed by atoms with Gasteiger partial charge in [-0.15, -0.1) is 0 Å². The van der Waals surface area contributed by atoms with E-state index < -0.39 is 0 Å². The first kappa shape index (κ1) is 26.2. The van der Waals surface area contributed by atoms with Gasteiger partial charge in [0.2, 0.25) is 11.8 Å². The first-order valence-electron chi connectivity index (χ1n) is 13.1. The molecule has 1 N–H and O–H groups in total. The quantitative estimate of drug-likeness (QED) is 0.433. The van der Waals surface area contributed by atoms with Crippen LogP contribution in [0.1, 0.15) is 52.1 Å². The van der Waals surface area contributed by atoms with Crippen molar-refractivity contribution < 1.29 is 14.4 Å². The molecule has 0 saturated carbocycles. The Bertz CT molecular complexity index is 1450. The summed E-state index contributed by atoms with van der Waals surface area (Å²) in [6, 6.07) is 12.3. The van der Waals surface area contributed by atoms with E-state index in [-0.39, 0.29) is 36.3 Å². The lowest BCUT2D eigenvalue weighted by Gasteiger charge is -2.39. The number of nitrogens with zero attached hydrogens (tertiary/aromatic N) is 3. The lowest BCUT2D eigenvalue weighted by molar-refractivity contribution is -0.133. The molecule has 3 aromatic rings. The molecule has 1 saturated heterocycles. The molecule has 0 aliphatic carbocycles. The number of aromatic nitrogens is 1. The second-order valence-corrected chi connectivity index (χ2v) is 11.2. The van der Waals surface area contributed by atoms with Crippen molar-refractivity contribution in [3.63, 3.8) is 0 Å². The van der Waals surface area contributed by atoms with Crippen molar-refractivity contribution in [1.82, 2.24) is 19.7 Å². The molecule has 5 rings (SSSR count). The molecule has 1 unspecified atom stereocenters. The molecule has 1 atom stereocenters. The van der Waals surface area contributed by atoms with Crippen LogP contribution in [0.25, 0.3) is 10.9 Å². The van der Waals surface area contributed by atoms with E-state index in [4.69, 9.17) is 0 Å². The third-order valence-corrected chi connectivity index (χ3v) is 8.34. The lowest BCUT2D eigenvalue weighted by atomic mass is 9.90. The van der Waals surface area contributed by atoms with Crippen LogP contribution in [0.4, 0.5) is 0 Å². The van der Waals surface area contributed by atoms with Gasteiger partial charge in [0, 0.05) is 35.2 Å². The van der Waals surface area contributed by atoms with Crippen LogP contribution in [0, 0.1) is 13.8 Å². The van der Waals surface area contributed by atoms with E-state index in [1.165, 1.54) is 17.2 Å². The van der Waals surface area contributed by atoms with Gasteiger partial charge in [0.25, 0.3) is 5.91 Å². The Morgan fingerprint density at radius 2 is 1.89 bits per heavy atom. The number of halogens is 1. The van der Waals surface area contributed by atoms with Crippen molar-refractivity contribution in [2.45, 2.75) is 52.2 Å². The lowest BCUT2D eigenvalue weighted by Crippen LogP contribution is -2.61. The number of benzene rings is 2. The van der Waals surface area contributed by atoms with Gasteiger partial charge in [-0.3, -0.25) is 14.4 Å². The average molecular weight is 578 g/mol. The van der Waals surface area contributed by atoms with Crippen LogP contribution in [0.2, 0.25) is 0 Å². The third kappa shape index (κ3) is 4.55. The van der Waals surface area contributed by atoms with Crippen molar-refractivity contribution in [3.8, 4) is 0 Å². The molecule has 38 heavy (non-hydrogen) atoms. The molecule has 8 heteroatoms. The van der Waals surface area contributed by atoms with Gasteiger partial charge < -0.3 is 19.7 Å². The maximum absolute atomic E-state index is 14.2. The Kier molecular flexibility index (Phi) is 7.18. The topological polar surface area (TPSA) is 74.6 Å². The molecule has 3 heterocycles. The number of rotatable bonds is 6.